The third kappa shape index (κ3) is 3.76. The number of nitrogens with zero attached hydrogens (tertiary/aromatic N) is 3. The Morgan fingerprint density at radius 3 is 2.68 bits per heavy atom. The predicted molar refractivity (Wildman–Crippen MR) is 90.2 cm³/mol. The molecule has 22 heavy (non-hydrogen) atoms. The monoisotopic (exact) mass is 319 g/mol. The van der Waals surface area contributed by atoms with E-state index in [1.54, 1.807) is 0 Å². The highest BCUT2D eigenvalue weighted by atomic mass is 35.5. The Morgan fingerprint density at radius 1 is 1.23 bits per heavy atom. The fraction of sp³-hybridized carbons (Fsp3) is 0.471. The third-order valence-electron chi connectivity index (χ3n) is 4.13. The quantitative estimate of drug-likeness (QED) is 0.939. The van der Waals surface area contributed by atoms with Gasteiger partial charge in [0.15, 0.2) is 0 Å². The van der Waals surface area contributed by atoms with E-state index in [1.807, 2.05) is 31.3 Å². The summed E-state index contributed by atoms with van der Waals surface area (Å²) in [7, 11) is 0. The van der Waals surface area contributed by atoms with Crippen LogP contribution in [0.2, 0.25) is 5.02 Å². The van der Waals surface area contributed by atoms with Crippen LogP contribution >= 0.6 is 11.6 Å². The molecule has 1 unspecified atom stereocenters. The molecule has 0 bridgehead atoms. The van der Waals surface area contributed by atoms with Crippen molar-refractivity contribution in [2.24, 2.45) is 0 Å². The zero-order chi connectivity index (χ0) is 15.5. The number of aliphatic hydroxyl groups is 1. The normalized spacial score (nSPS) is 18.7. The van der Waals surface area contributed by atoms with Gasteiger partial charge in [-0.2, -0.15) is 0 Å². The molecule has 0 radical (unpaired) electrons. The molecule has 5 heteroatoms. The van der Waals surface area contributed by atoms with Gasteiger partial charge in [0.2, 0.25) is 0 Å². The fourth-order valence-corrected chi connectivity index (χ4v) is 3.34. The summed E-state index contributed by atoms with van der Waals surface area (Å²) in [5.74, 6) is 0. The van der Waals surface area contributed by atoms with Crippen molar-refractivity contribution in [3.8, 4) is 0 Å². The number of hydrogen-bond donors (Lipinski definition) is 1. The number of pyridine rings is 1. The number of aromatic nitrogens is 1. The lowest BCUT2D eigenvalue weighted by molar-refractivity contribution is 0.0782. The largest absolute Gasteiger partial charge is 0.392 e. The zero-order valence-corrected chi connectivity index (χ0v) is 13.6. The number of aliphatic hydroxyl groups excluding tert-OH is 1. The average molecular weight is 320 g/mol. The van der Waals surface area contributed by atoms with Gasteiger partial charge in [0, 0.05) is 55.9 Å². The molecular weight excluding hydrogens is 298 g/mol. The van der Waals surface area contributed by atoms with Gasteiger partial charge in [-0.25, -0.2) is 0 Å². The summed E-state index contributed by atoms with van der Waals surface area (Å²) in [4.78, 5) is 9.26. The van der Waals surface area contributed by atoms with E-state index in [2.05, 4.69) is 20.9 Å². The second-order valence-corrected chi connectivity index (χ2v) is 6.50. The van der Waals surface area contributed by atoms with Crippen LogP contribution in [0.15, 0.2) is 30.5 Å². The Kier molecular flexibility index (Phi) is 4.93. The molecule has 1 aromatic heterocycles. The van der Waals surface area contributed by atoms with Crippen molar-refractivity contribution in [1.29, 1.82) is 0 Å². The van der Waals surface area contributed by atoms with Crippen LogP contribution in [0, 0.1) is 0 Å². The molecule has 1 atom stereocenters. The lowest BCUT2D eigenvalue weighted by atomic mass is 10.1. The van der Waals surface area contributed by atoms with E-state index >= 15 is 0 Å². The minimum absolute atomic E-state index is 0.257. The maximum atomic E-state index is 9.48. The summed E-state index contributed by atoms with van der Waals surface area (Å²) >= 11 is 6.24. The molecular formula is C17H22ClN3O. The molecule has 4 nitrogen and oxygen atoms in total. The molecule has 2 aromatic rings. The molecule has 1 aliphatic heterocycles. The lowest BCUT2D eigenvalue weighted by Crippen LogP contribution is -2.47. The molecule has 1 aliphatic rings. The van der Waals surface area contributed by atoms with E-state index < -0.39 is 0 Å². The van der Waals surface area contributed by atoms with Crippen molar-refractivity contribution in [2.75, 3.05) is 32.7 Å². The minimum Gasteiger partial charge on any atom is -0.392 e. The average Bonchev–Trinajstić information content (AvgIpc) is 2.48. The molecule has 0 amide bonds. The van der Waals surface area contributed by atoms with E-state index in [4.69, 9.17) is 11.6 Å². The van der Waals surface area contributed by atoms with Gasteiger partial charge in [-0.3, -0.25) is 14.8 Å². The topological polar surface area (TPSA) is 39.6 Å². The van der Waals surface area contributed by atoms with Crippen molar-refractivity contribution < 1.29 is 5.11 Å². The maximum absolute atomic E-state index is 9.48. The molecule has 1 N–H and O–H groups in total. The van der Waals surface area contributed by atoms with Gasteiger partial charge in [0.25, 0.3) is 0 Å². The fourth-order valence-electron chi connectivity index (χ4n) is 3.09. The maximum Gasteiger partial charge on any atom is 0.0747 e. The van der Waals surface area contributed by atoms with Gasteiger partial charge < -0.3 is 5.11 Å². The molecule has 1 aromatic carbocycles. The number of halogens is 1. The molecule has 3 rings (SSSR count). The predicted octanol–water partition coefficient (Wildman–Crippen LogP) is 2.39. The van der Waals surface area contributed by atoms with Crippen LogP contribution in [0.5, 0.6) is 0 Å². The number of benzene rings is 1. The van der Waals surface area contributed by atoms with Crippen LogP contribution in [-0.4, -0.2) is 58.7 Å². The minimum atomic E-state index is -0.257. The van der Waals surface area contributed by atoms with E-state index in [1.165, 1.54) is 5.56 Å². The van der Waals surface area contributed by atoms with Crippen LogP contribution in [-0.2, 0) is 6.54 Å². The molecule has 0 aliphatic carbocycles. The van der Waals surface area contributed by atoms with E-state index in [0.717, 1.165) is 55.2 Å². The Hall–Kier alpha value is -1.20. The SMILES string of the molecule is CC(O)CN1CCN(Cc2cc(Cl)cc3cccnc23)CC1. The standard InChI is InChI=1S/C17H22ClN3O/c1-13(22)11-20-5-7-21(8-6-20)12-15-10-16(18)9-14-3-2-4-19-17(14)15/h2-4,9-10,13,22H,5-8,11-12H2,1H3. The molecule has 118 valence electrons. The number of piperazine rings is 1. The lowest BCUT2D eigenvalue weighted by Gasteiger charge is -2.35. The second-order valence-electron chi connectivity index (χ2n) is 6.07. The summed E-state index contributed by atoms with van der Waals surface area (Å²) in [6.45, 7) is 7.48. The van der Waals surface area contributed by atoms with Crippen LogP contribution in [0.1, 0.15) is 12.5 Å². The highest BCUT2D eigenvalue weighted by Gasteiger charge is 2.19. The number of fused-ring (bicyclic) bond motifs is 1. The highest BCUT2D eigenvalue weighted by molar-refractivity contribution is 6.31. The summed E-state index contributed by atoms with van der Waals surface area (Å²) < 4.78 is 0. The van der Waals surface area contributed by atoms with Crippen LogP contribution in [0.25, 0.3) is 10.9 Å². The summed E-state index contributed by atoms with van der Waals surface area (Å²) in [5.41, 5.74) is 2.23. The van der Waals surface area contributed by atoms with Crippen LogP contribution in [0.4, 0.5) is 0 Å². The van der Waals surface area contributed by atoms with E-state index in [-0.39, 0.29) is 6.10 Å². The van der Waals surface area contributed by atoms with E-state index in [0.29, 0.717) is 0 Å². The van der Waals surface area contributed by atoms with Gasteiger partial charge in [-0.1, -0.05) is 17.7 Å². The summed E-state index contributed by atoms with van der Waals surface area (Å²) in [5, 5.41) is 11.3. The first-order valence-corrected chi connectivity index (χ1v) is 8.15. The van der Waals surface area contributed by atoms with Gasteiger partial charge in [0.05, 0.1) is 11.6 Å². The molecule has 0 saturated carbocycles. The molecule has 1 fully saturated rings. The van der Waals surface area contributed by atoms with Gasteiger partial charge in [-0.05, 0) is 30.7 Å². The zero-order valence-electron chi connectivity index (χ0n) is 12.9. The summed E-state index contributed by atoms with van der Waals surface area (Å²) in [6.07, 6.45) is 1.58. The smallest absolute Gasteiger partial charge is 0.0747 e. The molecule has 1 saturated heterocycles. The number of hydrogen-bond acceptors (Lipinski definition) is 4. The van der Waals surface area contributed by atoms with Gasteiger partial charge >= 0.3 is 0 Å². The first-order chi connectivity index (χ1) is 10.6. The van der Waals surface area contributed by atoms with Crippen molar-refractivity contribution in [3.05, 3.63) is 41.0 Å². The Balaban J connectivity index is 1.70. The first kappa shape index (κ1) is 15.7. The molecule has 0 spiro atoms. The van der Waals surface area contributed by atoms with Crippen molar-refractivity contribution in [3.63, 3.8) is 0 Å². The molecule has 2 heterocycles. The second kappa shape index (κ2) is 6.92. The number of β-amino-alcohol motifs (C(OH)–C–C–N with tert-alkyl or cyclic N) is 1. The van der Waals surface area contributed by atoms with Crippen molar-refractivity contribution in [1.82, 2.24) is 14.8 Å². The highest BCUT2D eigenvalue weighted by Crippen LogP contribution is 2.23. The number of rotatable bonds is 4. The third-order valence-corrected chi connectivity index (χ3v) is 4.35. The Morgan fingerprint density at radius 2 is 1.95 bits per heavy atom. The van der Waals surface area contributed by atoms with Gasteiger partial charge in [0.1, 0.15) is 0 Å². The van der Waals surface area contributed by atoms with Crippen molar-refractivity contribution >= 4 is 22.5 Å². The van der Waals surface area contributed by atoms with E-state index in [9.17, 15) is 5.11 Å². The van der Waals surface area contributed by atoms with Crippen molar-refractivity contribution in [2.45, 2.75) is 19.6 Å². The summed E-state index contributed by atoms with van der Waals surface area (Å²) in [6, 6.07) is 7.99. The van der Waals surface area contributed by atoms with Crippen LogP contribution < -0.4 is 0 Å². The Bertz CT molecular complexity index is 639. The Labute approximate surface area is 136 Å². The first-order valence-electron chi connectivity index (χ1n) is 7.78. The van der Waals surface area contributed by atoms with Gasteiger partial charge in [-0.15, -0.1) is 0 Å². The van der Waals surface area contributed by atoms with Crippen LogP contribution in [0.3, 0.4) is 0 Å².